The first-order chi connectivity index (χ1) is 13.5. The minimum Gasteiger partial charge on any atom is -0.370 e. The summed E-state index contributed by atoms with van der Waals surface area (Å²) in [4.78, 5) is 26.8. The van der Waals surface area contributed by atoms with Gasteiger partial charge in [0.2, 0.25) is 5.95 Å². The molecule has 144 valence electrons. The van der Waals surface area contributed by atoms with E-state index in [1.165, 1.54) is 35.2 Å². The molecule has 0 N–H and O–H groups in total. The molecule has 1 saturated heterocycles. The zero-order valence-corrected chi connectivity index (χ0v) is 15.0. The Labute approximate surface area is 159 Å². The number of halogens is 2. The zero-order chi connectivity index (χ0) is 19.7. The highest BCUT2D eigenvalue weighted by Crippen LogP contribution is 2.29. The van der Waals surface area contributed by atoms with Gasteiger partial charge in [-0.1, -0.05) is 6.07 Å². The van der Waals surface area contributed by atoms with Crippen molar-refractivity contribution < 1.29 is 13.5 Å². The number of hydrogen-bond donors (Lipinski definition) is 0. The number of nitrogens with zero attached hydrogens (tertiary/aromatic N) is 5. The van der Waals surface area contributed by atoms with Crippen molar-refractivity contribution >= 4 is 5.95 Å². The third-order valence-electron chi connectivity index (χ3n) is 4.63. The molecule has 2 aromatic heterocycles. The van der Waals surface area contributed by atoms with E-state index in [0.29, 0.717) is 23.9 Å². The number of rotatable bonds is 3. The van der Waals surface area contributed by atoms with Crippen LogP contribution in [0.25, 0.3) is 11.4 Å². The Morgan fingerprint density at radius 3 is 2.68 bits per heavy atom. The Hall–Kier alpha value is -3.20. The van der Waals surface area contributed by atoms with E-state index in [-0.39, 0.29) is 24.3 Å². The van der Waals surface area contributed by atoms with Gasteiger partial charge in [0.05, 0.1) is 30.1 Å². The molecule has 4 rings (SSSR count). The maximum atomic E-state index is 14.2. The standard InChI is InChI=1S/C19H17F2N5O2/c1-25-17(27)9-15(14-5-6-22-11-23-14)24-19(25)26-7-8-28-16(10-26)18-12(20)3-2-4-13(18)21/h2-6,9,11,16H,7-8,10H2,1H3/t16-/m0/s1. The summed E-state index contributed by atoms with van der Waals surface area (Å²) in [6.45, 7) is 0.831. The Balaban J connectivity index is 1.71. The molecule has 0 spiro atoms. The van der Waals surface area contributed by atoms with Gasteiger partial charge in [-0.05, 0) is 18.2 Å². The quantitative estimate of drug-likeness (QED) is 0.688. The summed E-state index contributed by atoms with van der Waals surface area (Å²) < 4.78 is 35.3. The van der Waals surface area contributed by atoms with Crippen LogP contribution in [0.2, 0.25) is 0 Å². The average Bonchev–Trinajstić information content (AvgIpc) is 2.71. The highest BCUT2D eigenvalue weighted by Gasteiger charge is 2.29. The van der Waals surface area contributed by atoms with Gasteiger partial charge in [0.25, 0.3) is 5.56 Å². The lowest BCUT2D eigenvalue weighted by molar-refractivity contribution is 0.0343. The Morgan fingerprint density at radius 1 is 1.18 bits per heavy atom. The van der Waals surface area contributed by atoms with E-state index in [1.54, 1.807) is 24.2 Å². The summed E-state index contributed by atoms with van der Waals surface area (Å²) in [6, 6.07) is 6.75. The predicted molar refractivity (Wildman–Crippen MR) is 97.8 cm³/mol. The average molecular weight is 385 g/mol. The predicted octanol–water partition coefficient (Wildman–Crippen LogP) is 2.09. The molecule has 0 unspecified atom stereocenters. The molecule has 1 atom stereocenters. The first-order valence-electron chi connectivity index (χ1n) is 8.69. The van der Waals surface area contributed by atoms with E-state index in [1.807, 2.05) is 0 Å². The molecule has 1 aromatic carbocycles. The van der Waals surface area contributed by atoms with Gasteiger partial charge in [-0.2, -0.15) is 0 Å². The van der Waals surface area contributed by atoms with Gasteiger partial charge in [0.1, 0.15) is 24.1 Å². The number of anilines is 1. The molecular weight excluding hydrogens is 368 g/mol. The normalized spacial score (nSPS) is 17.0. The Bertz CT molecular complexity index is 1040. The third-order valence-corrected chi connectivity index (χ3v) is 4.63. The van der Waals surface area contributed by atoms with Crippen LogP contribution in [0.3, 0.4) is 0 Å². The molecule has 0 aliphatic carbocycles. The largest absolute Gasteiger partial charge is 0.370 e. The van der Waals surface area contributed by atoms with Gasteiger partial charge in [-0.15, -0.1) is 0 Å². The van der Waals surface area contributed by atoms with E-state index in [4.69, 9.17) is 4.74 Å². The molecule has 28 heavy (non-hydrogen) atoms. The van der Waals surface area contributed by atoms with Crippen LogP contribution in [0.15, 0.2) is 47.7 Å². The molecule has 9 heteroatoms. The SMILES string of the molecule is Cn1c(N2CCO[C@H](c3c(F)cccc3F)C2)nc(-c2ccncn2)cc1=O. The van der Waals surface area contributed by atoms with Crippen molar-refractivity contribution in [1.29, 1.82) is 0 Å². The number of ether oxygens (including phenoxy) is 1. The smallest absolute Gasteiger partial charge is 0.255 e. The van der Waals surface area contributed by atoms with Gasteiger partial charge in [-0.25, -0.2) is 23.7 Å². The van der Waals surface area contributed by atoms with E-state index < -0.39 is 17.7 Å². The number of aromatic nitrogens is 4. The molecule has 1 aliphatic heterocycles. The van der Waals surface area contributed by atoms with Gasteiger partial charge in [0, 0.05) is 25.9 Å². The monoisotopic (exact) mass is 385 g/mol. The van der Waals surface area contributed by atoms with Crippen LogP contribution in [0.1, 0.15) is 11.7 Å². The van der Waals surface area contributed by atoms with Gasteiger partial charge in [-0.3, -0.25) is 9.36 Å². The summed E-state index contributed by atoms with van der Waals surface area (Å²) in [5.41, 5.74) is 0.530. The second-order valence-electron chi connectivity index (χ2n) is 6.37. The van der Waals surface area contributed by atoms with Crippen molar-refractivity contribution in [1.82, 2.24) is 19.5 Å². The molecule has 0 saturated carbocycles. The Kier molecular flexibility index (Phi) is 4.82. The number of morpholine rings is 1. The zero-order valence-electron chi connectivity index (χ0n) is 15.0. The fourth-order valence-corrected chi connectivity index (χ4v) is 3.21. The third kappa shape index (κ3) is 3.36. The summed E-state index contributed by atoms with van der Waals surface area (Å²) >= 11 is 0. The maximum Gasteiger partial charge on any atom is 0.255 e. The molecule has 3 aromatic rings. The first-order valence-corrected chi connectivity index (χ1v) is 8.69. The van der Waals surface area contributed by atoms with Crippen LogP contribution in [0.4, 0.5) is 14.7 Å². The summed E-state index contributed by atoms with van der Waals surface area (Å²) in [6.07, 6.45) is 2.13. The minimum atomic E-state index is -0.811. The molecular formula is C19H17F2N5O2. The maximum absolute atomic E-state index is 14.2. The second-order valence-corrected chi connectivity index (χ2v) is 6.37. The molecule has 7 nitrogen and oxygen atoms in total. The highest BCUT2D eigenvalue weighted by atomic mass is 19.1. The fraction of sp³-hybridized carbons (Fsp3) is 0.263. The lowest BCUT2D eigenvalue weighted by Gasteiger charge is -2.34. The summed E-state index contributed by atoms with van der Waals surface area (Å²) in [5, 5.41) is 0. The van der Waals surface area contributed by atoms with Crippen LogP contribution < -0.4 is 10.5 Å². The number of hydrogen-bond acceptors (Lipinski definition) is 6. The van der Waals surface area contributed by atoms with Crippen molar-refractivity contribution in [3.63, 3.8) is 0 Å². The van der Waals surface area contributed by atoms with Crippen molar-refractivity contribution in [3.8, 4) is 11.4 Å². The molecule has 1 fully saturated rings. The fourth-order valence-electron chi connectivity index (χ4n) is 3.21. The van der Waals surface area contributed by atoms with E-state index in [0.717, 1.165) is 0 Å². The van der Waals surface area contributed by atoms with Crippen LogP contribution in [0, 0.1) is 11.6 Å². The molecule has 3 heterocycles. The first kappa shape index (κ1) is 18.2. The lowest BCUT2D eigenvalue weighted by Crippen LogP contribution is -2.42. The van der Waals surface area contributed by atoms with Gasteiger partial charge >= 0.3 is 0 Å². The lowest BCUT2D eigenvalue weighted by atomic mass is 10.1. The van der Waals surface area contributed by atoms with Gasteiger partial charge < -0.3 is 9.64 Å². The molecule has 1 aliphatic rings. The topological polar surface area (TPSA) is 73.1 Å². The van der Waals surface area contributed by atoms with Gasteiger partial charge in [0.15, 0.2) is 0 Å². The summed E-state index contributed by atoms with van der Waals surface area (Å²) in [7, 11) is 1.60. The summed E-state index contributed by atoms with van der Waals surface area (Å²) in [5.74, 6) is -0.946. The van der Waals surface area contributed by atoms with E-state index >= 15 is 0 Å². The van der Waals surface area contributed by atoms with Crippen molar-refractivity contribution in [3.05, 3.63) is 70.4 Å². The highest BCUT2D eigenvalue weighted by molar-refractivity contribution is 5.55. The van der Waals surface area contributed by atoms with Crippen LogP contribution in [-0.4, -0.2) is 39.2 Å². The minimum absolute atomic E-state index is 0.121. The van der Waals surface area contributed by atoms with Crippen molar-refractivity contribution in [2.75, 3.05) is 24.6 Å². The van der Waals surface area contributed by atoms with Crippen molar-refractivity contribution in [2.24, 2.45) is 7.05 Å². The molecule has 0 amide bonds. The van der Waals surface area contributed by atoms with E-state index in [9.17, 15) is 13.6 Å². The number of benzene rings is 1. The molecule has 0 radical (unpaired) electrons. The molecule has 0 bridgehead atoms. The second kappa shape index (κ2) is 7.43. The Morgan fingerprint density at radius 2 is 1.96 bits per heavy atom. The van der Waals surface area contributed by atoms with Crippen LogP contribution >= 0.6 is 0 Å². The van der Waals surface area contributed by atoms with E-state index in [2.05, 4.69) is 15.0 Å². The van der Waals surface area contributed by atoms with Crippen molar-refractivity contribution in [2.45, 2.75) is 6.10 Å². The van der Waals surface area contributed by atoms with Crippen LogP contribution in [-0.2, 0) is 11.8 Å². The van der Waals surface area contributed by atoms with Crippen LogP contribution in [0.5, 0.6) is 0 Å².